The minimum atomic E-state index is -0.412. The number of hydrogen-bond acceptors (Lipinski definition) is 5. The van der Waals surface area contributed by atoms with Crippen LogP contribution in [0.4, 0.5) is 27.0 Å². The van der Waals surface area contributed by atoms with Crippen LogP contribution in [0.2, 0.25) is 0 Å². The summed E-state index contributed by atoms with van der Waals surface area (Å²) in [6.45, 7) is 8.04. The SMILES string of the molecule is CCN(CC)c1ccc(NC(=O)c2csc(NC(=O)Nc3ccccc3)n2)c(C)c1. The van der Waals surface area contributed by atoms with Crippen molar-refractivity contribution >= 4 is 45.5 Å². The fraction of sp³-hybridized carbons (Fsp3) is 0.227. The van der Waals surface area contributed by atoms with E-state index in [2.05, 4.69) is 45.7 Å². The first-order chi connectivity index (χ1) is 14.5. The van der Waals surface area contributed by atoms with Crippen molar-refractivity contribution in [3.8, 4) is 0 Å². The number of anilines is 4. The Hall–Kier alpha value is -3.39. The van der Waals surface area contributed by atoms with Crippen LogP contribution in [0.25, 0.3) is 0 Å². The molecule has 1 aromatic heterocycles. The molecule has 156 valence electrons. The number of benzene rings is 2. The Morgan fingerprint density at radius 3 is 2.40 bits per heavy atom. The first kappa shape index (κ1) is 21.3. The highest BCUT2D eigenvalue weighted by molar-refractivity contribution is 7.14. The molecule has 8 heteroatoms. The number of nitrogens with one attached hydrogen (secondary N) is 3. The van der Waals surface area contributed by atoms with Crippen LogP contribution >= 0.6 is 11.3 Å². The van der Waals surface area contributed by atoms with E-state index in [1.54, 1.807) is 17.5 Å². The third kappa shape index (κ3) is 5.36. The van der Waals surface area contributed by atoms with Crippen LogP contribution in [0.1, 0.15) is 29.9 Å². The third-order valence-electron chi connectivity index (χ3n) is 4.58. The number of carbonyl (C=O) groups excluding carboxylic acids is 2. The second kappa shape index (κ2) is 9.89. The zero-order valence-corrected chi connectivity index (χ0v) is 18.0. The maximum Gasteiger partial charge on any atom is 0.325 e. The van der Waals surface area contributed by atoms with Gasteiger partial charge in [0.1, 0.15) is 5.69 Å². The minimum absolute atomic E-state index is 0.252. The molecule has 0 fully saturated rings. The Balaban J connectivity index is 1.61. The van der Waals surface area contributed by atoms with Gasteiger partial charge in [-0.3, -0.25) is 10.1 Å². The van der Waals surface area contributed by atoms with Gasteiger partial charge in [0.05, 0.1) is 0 Å². The molecule has 0 aliphatic carbocycles. The molecule has 0 radical (unpaired) electrons. The molecule has 3 amide bonds. The van der Waals surface area contributed by atoms with Crippen molar-refractivity contribution in [3.63, 3.8) is 0 Å². The lowest BCUT2D eigenvalue weighted by molar-refractivity contribution is 0.102. The highest BCUT2D eigenvalue weighted by atomic mass is 32.1. The zero-order chi connectivity index (χ0) is 21.5. The van der Waals surface area contributed by atoms with Crippen molar-refractivity contribution in [1.29, 1.82) is 0 Å². The summed E-state index contributed by atoms with van der Waals surface area (Å²) in [7, 11) is 0. The molecule has 7 nitrogen and oxygen atoms in total. The predicted molar refractivity (Wildman–Crippen MR) is 124 cm³/mol. The number of aromatic nitrogens is 1. The lowest BCUT2D eigenvalue weighted by atomic mass is 10.1. The van der Waals surface area contributed by atoms with E-state index in [4.69, 9.17) is 0 Å². The summed E-state index contributed by atoms with van der Waals surface area (Å²) in [5.74, 6) is -0.318. The van der Waals surface area contributed by atoms with Gasteiger partial charge in [-0.1, -0.05) is 18.2 Å². The van der Waals surface area contributed by atoms with Crippen LogP contribution in [-0.2, 0) is 0 Å². The number of para-hydroxylation sites is 1. The summed E-state index contributed by atoms with van der Waals surface area (Å²) in [4.78, 5) is 31.1. The second-order valence-corrected chi connectivity index (χ2v) is 7.47. The largest absolute Gasteiger partial charge is 0.372 e. The maximum atomic E-state index is 12.6. The fourth-order valence-corrected chi connectivity index (χ4v) is 3.66. The summed E-state index contributed by atoms with van der Waals surface area (Å²) in [6, 6.07) is 14.7. The maximum absolute atomic E-state index is 12.6. The van der Waals surface area contributed by atoms with Crippen molar-refractivity contribution in [3.05, 3.63) is 65.2 Å². The van der Waals surface area contributed by atoms with Gasteiger partial charge >= 0.3 is 6.03 Å². The summed E-state index contributed by atoms with van der Waals surface area (Å²) >= 11 is 1.19. The number of urea groups is 1. The molecule has 0 saturated carbocycles. The van der Waals surface area contributed by atoms with E-state index in [0.29, 0.717) is 10.8 Å². The number of hydrogen-bond donors (Lipinski definition) is 3. The smallest absolute Gasteiger partial charge is 0.325 e. The lowest BCUT2D eigenvalue weighted by Crippen LogP contribution is -2.22. The minimum Gasteiger partial charge on any atom is -0.372 e. The third-order valence-corrected chi connectivity index (χ3v) is 5.33. The Kier molecular flexibility index (Phi) is 7.03. The quantitative estimate of drug-likeness (QED) is 0.488. The van der Waals surface area contributed by atoms with E-state index < -0.39 is 6.03 Å². The number of aryl methyl sites for hydroxylation is 1. The molecule has 0 atom stereocenters. The topological polar surface area (TPSA) is 86.4 Å². The summed E-state index contributed by atoms with van der Waals surface area (Å²) in [5.41, 5.74) is 3.76. The van der Waals surface area contributed by atoms with Gasteiger partial charge in [0, 0.05) is 35.5 Å². The highest BCUT2D eigenvalue weighted by Gasteiger charge is 2.14. The van der Waals surface area contributed by atoms with Crippen molar-refractivity contribution in [2.75, 3.05) is 33.9 Å². The monoisotopic (exact) mass is 423 g/mol. The van der Waals surface area contributed by atoms with Gasteiger partial charge < -0.3 is 15.5 Å². The molecule has 2 aromatic carbocycles. The summed E-state index contributed by atoms with van der Waals surface area (Å²) < 4.78 is 0. The van der Waals surface area contributed by atoms with E-state index in [1.807, 2.05) is 37.3 Å². The van der Waals surface area contributed by atoms with E-state index in [0.717, 1.165) is 30.0 Å². The van der Waals surface area contributed by atoms with Crippen molar-refractivity contribution in [2.45, 2.75) is 20.8 Å². The van der Waals surface area contributed by atoms with Crippen LogP contribution in [0.3, 0.4) is 0 Å². The average Bonchev–Trinajstić information content (AvgIpc) is 3.20. The molecule has 3 aromatic rings. The van der Waals surface area contributed by atoms with Crippen LogP contribution in [0.5, 0.6) is 0 Å². The van der Waals surface area contributed by atoms with Gasteiger partial charge in [0.2, 0.25) is 0 Å². The molecule has 1 heterocycles. The molecule has 3 rings (SSSR count). The van der Waals surface area contributed by atoms with E-state index in [1.165, 1.54) is 11.3 Å². The predicted octanol–water partition coefficient (Wildman–Crippen LogP) is 5.19. The standard InChI is InChI=1S/C22H25N5O2S/c1-4-27(5-2)17-11-12-18(15(3)13-17)24-20(28)19-14-30-22(25-19)26-21(29)23-16-9-7-6-8-10-16/h6-14H,4-5H2,1-3H3,(H,24,28)(H2,23,25,26,29). The first-order valence-corrected chi connectivity index (χ1v) is 10.6. The molecule has 3 N–H and O–H groups in total. The van der Waals surface area contributed by atoms with Gasteiger partial charge in [-0.05, 0) is 56.7 Å². The van der Waals surface area contributed by atoms with Crippen LogP contribution in [-0.4, -0.2) is 30.0 Å². The highest BCUT2D eigenvalue weighted by Crippen LogP contribution is 2.24. The van der Waals surface area contributed by atoms with Gasteiger partial charge in [-0.15, -0.1) is 11.3 Å². The molecular weight excluding hydrogens is 398 g/mol. The van der Waals surface area contributed by atoms with E-state index >= 15 is 0 Å². The van der Waals surface area contributed by atoms with Gasteiger partial charge in [0.15, 0.2) is 5.13 Å². The first-order valence-electron chi connectivity index (χ1n) is 9.75. The van der Waals surface area contributed by atoms with Gasteiger partial charge in [-0.25, -0.2) is 9.78 Å². The second-order valence-electron chi connectivity index (χ2n) is 6.61. The van der Waals surface area contributed by atoms with Crippen molar-refractivity contribution < 1.29 is 9.59 Å². The Labute approximate surface area is 180 Å². The molecule has 0 spiro atoms. The number of rotatable bonds is 7. The fourth-order valence-electron chi connectivity index (χ4n) is 2.98. The van der Waals surface area contributed by atoms with Crippen LogP contribution in [0.15, 0.2) is 53.9 Å². The van der Waals surface area contributed by atoms with E-state index in [-0.39, 0.29) is 11.6 Å². The summed E-state index contributed by atoms with van der Waals surface area (Å²) in [6.07, 6.45) is 0. The lowest BCUT2D eigenvalue weighted by Gasteiger charge is -2.22. The van der Waals surface area contributed by atoms with E-state index in [9.17, 15) is 9.59 Å². The van der Waals surface area contributed by atoms with Gasteiger partial charge in [0.25, 0.3) is 5.91 Å². The Morgan fingerprint density at radius 2 is 1.73 bits per heavy atom. The van der Waals surface area contributed by atoms with Crippen LogP contribution in [0, 0.1) is 6.92 Å². The Bertz CT molecular complexity index is 1020. The number of amides is 3. The normalized spacial score (nSPS) is 10.4. The zero-order valence-electron chi connectivity index (χ0n) is 17.2. The molecule has 0 aliphatic heterocycles. The molecule has 0 bridgehead atoms. The van der Waals surface area contributed by atoms with Gasteiger partial charge in [-0.2, -0.15) is 0 Å². The summed E-state index contributed by atoms with van der Waals surface area (Å²) in [5, 5.41) is 10.2. The Morgan fingerprint density at radius 1 is 1.00 bits per heavy atom. The van der Waals surface area contributed by atoms with Crippen LogP contribution < -0.4 is 20.9 Å². The molecular formula is C22H25N5O2S. The molecule has 0 aliphatic rings. The number of thiazole rings is 1. The molecule has 0 saturated heterocycles. The average molecular weight is 424 g/mol. The number of nitrogens with zero attached hydrogens (tertiary/aromatic N) is 2. The molecule has 0 unspecified atom stereocenters. The van der Waals surface area contributed by atoms with Crippen molar-refractivity contribution in [2.24, 2.45) is 0 Å². The molecule has 30 heavy (non-hydrogen) atoms. The van der Waals surface area contributed by atoms with Crippen molar-refractivity contribution in [1.82, 2.24) is 4.98 Å². The number of carbonyl (C=O) groups is 2.